The van der Waals surface area contributed by atoms with Crippen LogP contribution in [0.25, 0.3) is 0 Å². The summed E-state index contributed by atoms with van der Waals surface area (Å²) in [5.41, 5.74) is 2.06. The van der Waals surface area contributed by atoms with Gasteiger partial charge in [-0.15, -0.1) is 0 Å². The minimum atomic E-state index is -0.383. The van der Waals surface area contributed by atoms with Crippen molar-refractivity contribution in [2.24, 2.45) is 0 Å². The van der Waals surface area contributed by atoms with Gasteiger partial charge in [0.1, 0.15) is 6.04 Å². The lowest BCUT2D eigenvalue weighted by Gasteiger charge is -2.27. The van der Waals surface area contributed by atoms with Crippen molar-refractivity contribution in [3.8, 4) is 0 Å². The van der Waals surface area contributed by atoms with Crippen molar-refractivity contribution in [3.63, 3.8) is 0 Å². The zero-order chi connectivity index (χ0) is 12.4. The van der Waals surface area contributed by atoms with Crippen molar-refractivity contribution in [1.29, 1.82) is 0 Å². The predicted molar refractivity (Wildman–Crippen MR) is 63.2 cm³/mol. The summed E-state index contributed by atoms with van der Waals surface area (Å²) >= 11 is 0. The number of amides is 2. The second kappa shape index (κ2) is 4.45. The molecular formula is C12H15N3O2. The molecule has 0 saturated heterocycles. The van der Waals surface area contributed by atoms with Gasteiger partial charge >= 0.3 is 6.03 Å². The van der Waals surface area contributed by atoms with Gasteiger partial charge in [0, 0.05) is 29.6 Å². The van der Waals surface area contributed by atoms with Crippen LogP contribution in [0.4, 0.5) is 4.79 Å². The Morgan fingerprint density at radius 2 is 2.24 bits per heavy atom. The molecule has 2 amide bonds. The van der Waals surface area contributed by atoms with Crippen LogP contribution < -0.4 is 10.6 Å². The van der Waals surface area contributed by atoms with Crippen molar-refractivity contribution in [2.75, 3.05) is 0 Å². The molecule has 0 radical (unpaired) electrons. The van der Waals surface area contributed by atoms with E-state index in [0.717, 1.165) is 5.69 Å². The maximum atomic E-state index is 11.9. The van der Waals surface area contributed by atoms with Gasteiger partial charge in [0.2, 0.25) is 0 Å². The van der Waals surface area contributed by atoms with Gasteiger partial charge in [-0.3, -0.25) is 4.79 Å². The van der Waals surface area contributed by atoms with Crippen LogP contribution in [-0.4, -0.2) is 16.8 Å². The summed E-state index contributed by atoms with van der Waals surface area (Å²) in [5, 5.41) is 5.39. The number of ketones is 1. The zero-order valence-electron chi connectivity index (χ0n) is 9.83. The molecule has 1 aliphatic heterocycles. The third-order valence-corrected chi connectivity index (χ3v) is 2.82. The Balaban J connectivity index is 2.44. The number of carbonyl (C=O) groups excluding carboxylic acids is 2. The molecule has 3 N–H and O–H groups in total. The van der Waals surface area contributed by atoms with Gasteiger partial charge in [0.15, 0.2) is 5.78 Å². The molecule has 0 aliphatic carbocycles. The summed E-state index contributed by atoms with van der Waals surface area (Å²) in [6.45, 7) is 3.56. The van der Waals surface area contributed by atoms with E-state index in [0.29, 0.717) is 17.7 Å². The van der Waals surface area contributed by atoms with E-state index in [1.807, 2.05) is 19.1 Å². The van der Waals surface area contributed by atoms with Crippen molar-refractivity contribution in [2.45, 2.75) is 26.3 Å². The molecule has 5 heteroatoms. The van der Waals surface area contributed by atoms with Crippen LogP contribution in [0, 0.1) is 0 Å². The third kappa shape index (κ3) is 2.08. The first kappa shape index (κ1) is 11.4. The number of hydrogen-bond donors (Lipinski definition) is 3. The van der Waals surface area contributed by atoms with Crippen LogP contribution in [0.15, 0.2) is 29.6 Å². The Labute approximate surface area is 99.3 Å². The smallest absolute Gasteiger partial charge is 0.319 e. The Kier molecular flexibility index (Phi) is 2.99. The number of H-pyrrole nitrogens is 1. The summed E-state index contributed by atoms with van der Waals surface area (Å²) < 4.78 is 0. The van der Waals surface area contributed by atoms with Crippen LogP contribution in [-0.2, 0) is 4.79 Å². The van der Waals surface area contributed by atoms with Gasteiger partial charge in [-0.05, 0) is 19.1 Å². The molecule has 0 saturated carbocycles. The summed E-state index contributed by atoms with van der Waals surface area (Å²) in [5.74, 6) is 0.0367. The summed E-state index contributed by atoms with van der Waals surface area (Å²) in [4.78, 5) is 26.4. The first-order valence-corrected chi connectivity index (χ1v) is 5.58. The van der Waals surface area contributed by atoms with Gasteiger partial charge in [-0.25, -0.2) is 4.79 Å². The Bertz CT molecular complexity index is 474. The highest BCUT2D eigenvalue weighted by Gasteiger charge is 2.30. The molecule has 90 valence electrons. The first-order valence-electron chi connectivity index (χ1n) is 5.58. The lowest BCUT2D eigenvalue weighted by Crippen LogP contribution is -2.45. The number of hydrogen-bond acceptors (Lipinski definition) is 2. The molecular weight excluding hydrogens is 218 g/mol. The minimum absolute atomic E-state index is 0.0367. The molecule has 1 aromatic rings. The second-order valence-corrected chi connectivity index (χ2v) is 3.97. The number of nitrogens with one attached hydrogen (secondary N) is 3. The van der Waals surface area contributed by atoms with Crippen molar-refractivity contribution in [3.05, 3.63) is 35.3 Å². The molecule has 0 fully saturated rings. The highest BCUT2D eigenvalue weighted by atomic mass is 16.2. The highest BCUT2D eigenvalue weighted by Crippen LogP contribution is 2.26. The largest absolute Gasteiger partial charge is 0.363 e. The average molecular weight is 233 g/mol. The van der Waals surface area contributed by atoms with Gasteiger partial charge in [0.25, 0.3) is 0 Å². The second-order valence-electron chi connectivity index (χ2n) is 3.97. The monoisotopic (exact) mass is 233 g/mol. The summed E-state index contributed by atoms with van der Waals surface area (Å²) in [7, 11) is 0. The number of aromatic amines is 1. The van der Waals surface area contributed by atoms with Crippen LogP contribution in [0.1, 0.15) is 32.0 Å². The van der Waals surface area contributed by atoms with Crippen LogP contribution >= 0.6 is 0 Å². The van der Waals surface area contributed by atoms with E-state index >= 15 is 0 Å². The van der Waals surface area contributed by atoms with E-state index in [-0.39, 0.29) is 17.9 Å². The number of carbonyl (C=O) groups is 2. The zero-order valence-corrected chi connectivity index (χ0v) is 9.83. The Morgan fingerprint density at radius 3 is 2.82 bits per heavy atom. The fourth-order valence-corrected chi connectivity index (χ4v) is 2.01. The lowest BCUT2D eigenvalue weighted by molar-refractivity contribution is -0.115. The van der Waals surface area contributed by atoms with E-state index in [4.69, 9.17) is 0 Å². The quantitative estimate of drug-likeness (QED) is 0.742. The average Bonchev–Trinajstić information content (AvgIpc) is 2.80. The number of aromatic nitrogens is 1. The van der Waals surface area contributed by atoms with Gasteiger partial charge in [0.05, 0.1) is 0 Å². The van der Waals surface area contributed by atoms with E-state index in [9.17, 15) is 9.59 Å². The molecule has 5 nitrogen and oxygen atoms in total. The molecule has 1 aliphatic rings. The van der Waals surface area contributed by atoms with E-state index in [2.05, 4.69) is 15.6 Å². The highest BCUT2D eigenvalue weighted by molar-refractivity contribution is 5.99. The maximum absolute atomic E-state index is 11.9. The first-order chi connectivity index (χ1) is 8.13. The number of Topliss-reactive ketones (excluding diaryl/α,β-unsaturated/α-hetero) is 1. The molecule has 17 heavy (non-hydrogen) atoms. The Morgan fingerprint density at radius 1 is 1.47 bits per heavy atom. The summed E-state index contributed by atoms with van der Waals surface area (Å²) in [6, 6.07) is 3.03. The number of rotatable bonds is 3. The molecule has 1 atom stereocenters. The number of urea groups is 1. The van der Waals surface area contributed by atoms with Gasteiger partial charge < -0.3 is 15.6 Å². The minimum Gasteiger partial charge on any atom is -0.363 e. The molecule has 0 bridgehead atoms. The van der Waals surface area contributed by atoms with Crippen molar-refractivity contribution >= 4 is 11.8 Å². The van der Waals surface area contributed by atoms with Crippen molar-refractivity contribution < 1.29 is 9.59 Å². The molecule has 0 aromatic carbocycles. The molecule has 0 spiro atoms. The maximum Gasteiger partial charge on any atom is 0.319 e. The van der Waals surface area contributed by atoms with Gasteiger partial charge in [-0.1, -0.05) is 6.92 Å². The standard InChI is InChI=1S/C12H15N3O2/c1-3-9(16)10-7(2)14-12(17)15-11(10)8-5-4-6-13-8/h4-6,11,13H,3H2,1-2H3,(H2,14,15,17). The van der Waals surface area contributed by atoms with E-state index < -0.39 is 0 Å². The van der Waals surface area contributed by atoms with Crippen molar-refractivity contribution in [1.82, 2.24) is 15.6 Å². The van der Waals surface area contributed by atoms with Crippen LogP contribution in [0.2, 0.25) is 0 Å². The fraction of sp³-hybridized carbons (Fsp3) is 0.333. The van der Waals surface area contributed by atoms with E-state index in [1.54, 1.807) is 13.1 Å². The van der Waals surface area contributed by atoms with Crippen LogP contribution in [0.3, 0.4) is 0 Å². The topological polar surface area (TPSA) is 74.0 Å². The number of allylic oxidation sites excluding steroid dienone is 1. The fourth-order valence-electron chi connectivity index (χ4n) is 2.01. The third-order valence-electron chi connectivity index (χ3n) is 2.82. The predicted octanol–water partition coefficient (Wildman–Crippen LogP) is 1.62. The molecule has 2 heterocycles. The summed E-state index contributed by atoms with van der Waals surface area (Å²) in [6.07, 6.45) is 2.19. The SMILES string of the molecule is CCC(=O)C1=C(C)NC(=O)NC1c1ccc[nH]1. The normalized spacial score (nSPS) is 19.9. The molecule has 2 rings (SSSR count). The van der Waals surface area contributed by atoms with E-state index in [1.165, 1.54) is 0 Å². The van der Waals surface area contributed by atoms with Crippen LogP contribution in [0.5, 0.6) is 0 Å². The molecule has 1 unspecified atom stereocenters. The van der Waals surface area contributed by atoms with Gasteiger partial charge in [-0.2, -0.15) is 0 Å². The lowest BCUT2D eigenvalue weighted by atomic mass is 9.95. The molecule has 1 aromatic heterocycles. The Hall–Kier alpha value is -2.04.